The van der Waals surface area contributed by atoms with Gasteiger partial charge in [-0.2, -0.15) is 8.42 Å². The van der Waals surface area contributed by atoms with Gasteiger partial charge in [0.1, 0.15) is 5.75 Å². The maximum Gasteiger partial charge on any atom is 0.357 e. The van der Waals surface area contributed by atoms with Crippen molar-refractivity contribution in [1.29, 1.82) is 0 Å². The quantitative estimate of drug-likeness (QED) is 0.224. The van der Waals surface area contributed by atoms with Crippen LogP contribution in [0.25, 0.3) is 22.2 Å². The average Bonchev–Trinajstić information content (AvgIpc) is 3.07. The highest BCUT2D eigenvalue weighted by molar-refractivity contribution is 7.87. The van der Waals surface area contributed by atoms with E-state index < -0.39 is 10.3 Å². The summed E-state index contributed by atoms with van der Waals surface area (Å²) < 4.78 is 35.9. The van der Waals surface area contributed by atoms with Crippen LogP contribution in [-0.4, -0.2) is 22.6 Å². The van der Waals surface area contributed by atoms with Gasteiger partial charge in [0.2, 0.25) is 0 Å². The summed E-state index contributed by atoms with van der Waals surface area (Å²) in [6.45, 7) is 3.04. The van der Waals surface area contributed by atoms with Gasteiger partial charge in [-0.25, -0.2) is 0 Å². The molecule has 0 aliphatic heterocycles. The van der Waals surface area contributed by atoms with Crippen LogP contribution in [0.2, 0.25) is 0 Å². The van der Waals surface area contributed by atoms with Crippen molar-refractivity contribution < 1.29 is 18.1 Å². The zero-order chi connectivity index (χ0) is 22.3. The summed E-state index contributed by atoms with van der Waals surface area (Å²) in [6, 6.07) is 14.4. The van der Waals surface area contributed by atoms with E-state index in [0.717, 1.165) is 41.5 Å². The molecule has 0 fully saturated rings. The third-order valence-corrected chi connectivity index (χ3v) is 6.04. The second-order valence-corrected chi connectivity index (χ2v) is 9.21. The van der Waals surface area contributed by atoms with Crippen molar-refractivity contribution in [3.8, 4) is 17.0 Å². The van der Waals surface area contributed by atoms with Gasteiger partial charge in [-0.05, 0) is 54.4 Å². The van der Waals surface area contributed by atoms with Gasteiger partial charge in [0, 0.05) is 17.6 Å². The smallest absolute Gasteiger partial charge is 0.357 e. The Hall–Kier alpha value is -2.51. The fourth-order valence-electron chi connectivity index (χ4n) is 3.98. The number of benzene rings is 2. The topological polar surface area (TPSA) is 91.6 Å². The van der Waals surface area contributed by atoms with Crippen LogP contribution in [0, 0.1) is 0 Å². The van der Waals surface area contributed by atoms with Crippen molar-refractivity contribution in [3.63, 3.8) is 0 Å². The van der Waals surface area contributed by atoms with E-state index in [1.54, 1.807) is 24.3 Å². The Balaban J connectivity index is 1.81. The van der Waals surface area contributed by atoms with E-state index in [2.05, 4.69) is 22.3 Å². The van der Waals surface area contributed by atoms with Crippen molar-refractivity contribution in [3.05, 3.63) is 48.5 Å². The van der Waals surface area contributed by atoms with Gasteiger partial charge in [-0.3, -0.25) is 9.27 Å². The van der Waals surface area contributed by atoms with Gasteiger partial charge >= 0.3 is 10.3 Å². The molecular formula is C24H32N2O4S. The molecule has 1 heterocycles. The van der Waals surface area contributed by atoms with Crippen LogP contribution in [0.4, 0.5) is 5.69 Å². The van der Waals surface area contributed by atoms with E-state index in [1.807, 2.05) is 18.2 Å². The van der Waals surface area contributed by atoms with Crippen molar-refractivity contribution in [2.45, 2.75) is 64.8 Å². The normalized spacial score (nSPS) is 11.8. The van der Waals surface area contributed by atoms with Crippen LogP contribution < -0.4 is 4.72 Å². The summed E-state index contributed by atoms with van der Waals surface area (Å²) in [5.41, 5.74) is 3.22. The Bertz CT molecular complexity index is 1090. The third kappa shape index (κ3) is 6.74. The number of rotatable bonds is 12. The van der Waals surface area contributed by atoms with Crippen LogP contribution in [0.5, 0.6) is 5.75 Å². The molecule has 31 heavy (non-hydrogen) atoms. The van der Waals surface area contributed by atoms with Gasteiger partial charge < -0.3 is 9.67 Å². The lowest BCUT2D eigenvalue weighted by Crippen LogP contribution is -2.10. The standard InChI is InChI=1S/C24H32N2O4S/c1-2-3-4-5-6-7-8-9-16-26-23(19-11-14-22(27)15-12-19)17-20-10-13-21(18-24(20)26)25-31(28,29)30/h10-15,17-18,25,27H,2-9,16H2,1H3,(H,28,29,30). The average molecular weight is 445 g/mol. The molecule has 3 N–H and O–H groups in total. The van der Waals surface area contributed by atoms with Gasteiger partial charge in [0.05, 0.1) is 11.2 Å². The monoisotopic (exact) mass is 444 g/mol. The Morgan fingerprint density at radius 1 is 0.871 bits per heavy atom. The molecule has 2 aromatic carbocycles. The first-order valence-corrected chi connectivity index (χ1v) is 12.5. The number of nitrogens with zero attached hydrogens (tertiary/aromatic N) is 1. The number of hydrogen-bond acceptors (Lipinski definition) is 3. The van der Waals surface area contributed by atoms with E-state index >= 15 is 0 Å². The minimum absolute atomic E-state index is 0.217. The number of aryl methyl sites for hydroxylation is 1. The van der Waals surface area contributed by atoms with Crippen molar-refractivity contribution >= 4 is 26.9 Å². The van der Waals surface area contributed by atoms with Crippen LogP contribution in [0.1, 0.15) is 58.3 Å². The molecule has 6 nitrogen and oxygen atoms in total. The van der Waals surface area contributed by atoms with Gasteiger partial charge in [0.15, 0.2) is 0 Å². The maximum atomic E-state index is 11.2. The van der Waals surface area contributed by atoms with Gasteiger partial charge in [0.25, 0.3) is 0 Å². The molecule has 0 atom stereocenters. The predicted octanol–water partition coefficient (Wildman–Crippen LogP) is 6.37. The van der Waals surface area contributed by atoms with Crippen LogP contribution >= 0.6 is 0 Å². The van der Waals surface area contributed by atoms with Crippen LogP contribution in [0.3, 0.4) is 0 Å². The fourth-order valence-corrected chi connectivity index (χ4v) is 4.41. The number of aromatic nitrogens is 1. The Morgan fingerprint density at radius 2 is 1.52 bits per heavy atom. The molecule has 1 aromatic heterocycles. The molecule has 0 bridgehead atoms. The Kier molecular flexibility index (Phi) is 7.98. The molecule has 168 valence electrons. The molecule has 0 saturated heterocycles. The fraction of sp³-hybridized carbons (Fsp3) is 0.417. The molecule has 0 unspecified atom stereocenters. The Morgan fingerprint density at radius 3 is 2.16 bits per heavy atom. The zero-order valence-corrected chi connectivity index (χ0v) is 18.9. The second kappa shape index (κ2) is 10.7. The molecule has 3 rings (SSSR count). The lowest BCUT2D eigenvalue weighted by atomic mass is 10.1. The van der Waals surface area contributed by atoms with E-state index in [-0.39, 0.29) is 5.75 Å². The largest absolute Gasteiger partial charge is 0.508 e. The lowest BCUT2D eigenvalue weighted by molar-refractivity contribution is 0.475. The number of hydrogen-bond donors (Lipinski definition) is 3. The predicted molar refractivity (Wildman–Crippen MR) is 127 cm³/mol. The molecular weight excluding hydrogens is 412 g/mol. The molecule has 0 aliphatic rings. The maximum absolute atomic E-state index is 11.2. The van der Waals surface area contributed by atoms with Crippen LogP contribution in [0.15, 0.2) is 48.5 Å². The summed E-state index contributed by atoms with van der Waals surface area (Å²) >= 11 is 0. The van der Waals surface area contributed by atoms with Crippen molar-refractivity contribution in [2.24, 2.45) is 0 Å². The van der Waals surface area contributed by atoms with Crippen molar-refractivity contribution in [2.75, 3.05) is 4.72 Å². The second-order valence-electron chi connectivity index (χ2n) is 8.05. The van der Waals surface area contributed by atoms with Gasteiger partial charge in [-0.15, -0.1) is 0 Å². The molecule has 3 aromatic rings. The first-order valence-electron chi connectivity index (χ1n) is 11.1. The lowest BCUT2D eigenvalue weighted by Gasteiger charge is -2.12. The number of fused-ring (bicyclic) bond motifs is 1. The highest BCUT2D eigenvalue weighted by Crippen LogP contribution is 2.31. The summed E-state index contributed by atoms with van der Waals surface area (Å²) in [5.74, 6) is 0.217. The SMILES string of the molecule is CCCCCCCCCCn1c(-c2ccc(O)cc2)cc2ccc(NS(=O)(=O)O)cc21. The highest BCUT2D eigenvalue weighted by Gasteiger charge is 2.13. The number of unbranched alkanes of at least 4 members (excludes halogenated alkanes) is 7. The zero-order valence-electron chi connectivity index (χ0n) is 18.0. The molecule has 0 radical (unpaired) electrons. The van der Waals surface area contributed by atoms with E-state index in [4.69, 9.17) is 4.55 Å². The van der Waals surface area contributed by atoms with E-state index in [1.165, 1.54) is 38.5 Å². The van der Waals surface area contributed by atoms with E-state index in [0.29, 0.717) is 5.69 Å². The number of nitrogens with one attached hydrogen (secondary N) is 1. The van der Waals surface area contributed by atoms with E-state index in [9.17, 15) is 13.5 Å². The highest BCUT2D eigenvalue weighted by atomic mass is 32.2. The molecule has 0 spiro atoms. The summed E-state index contributed by atoms with van der Waals surface area (Å²) in [4.78, 5) is 0. The first-order chi connectivity index (χ1) is 14.9. The molecule has 7 heteroatoms. The third-order valence-electron chi connectivity index (χ3n) is 5.55. The number of phenolic OH excluding ortho intramolecular Hbond substituents is 1. The number of phenols is 1. The minimum Gasteiger partial charge on any atom is -0.508 e. The number of aromatic hydroxyl groups is 1. The van der Waals surface area contributed by atoms with Gasteiger partial charge in [-0.1, -0.05) is 57.9 Å². The molecule has 0 saturated carbocycles. The van der Waals surface area contributed by atoms with Crippen molar-refractivity contribution in [1.82, 2.24) is 4.57 Å². The first kappa shape index (κ1) is 23.2. The summed E-state index contributed by atoms with van der Waals surface area (Å²) in [6.07, 6.45) is 9.83. The Labute approximate surface area is 184 Å². The molecule has 0 amide bonds. The summed E-state index contributed by atoms with van der Waals surface area (Å²) in [7, 11) is -4.33. The van der Waals surface area contributed by atoms with Crippen LogP contribution in [-0.2, 0) is 16.8 Å². The minimum atomic E-state index is -4.33. The number of anilines is 1. The molecule has 0 aliphatic carbocycles. The summed E-state index contributed by atoms with van der Waals surface area (Å²) in [5, 5.41) is 10.6.